The van der Waals surface area contributed by atoms with Gasteiger partial charge in [0.05, 0.1) is 11.0 Å². The van der Waals surface area contributed by atoms with Gasteiger partial charge in [-0.3, -0.25) is 4.57 Å². The maximum Gasteiger partial charge on any atom is 0.307 e. The molecule has 0 saturated heterocycles. The molecule has 0 bridgehead atoms. The number of aromatic nitrogens is 4. The van der Waals surface area contributed by atoms with Crippen molar-refractivity contribution >= 4 is 55.1 Å². The first-order valence-corrected chi connectivity index (χ1v) is 17.1. The second kappa shape index (κ2) is 11.1. The van der Waals surface area contributed by atoms with Gasteiger partial charge in [0.15, 0.2) is 16.7 Å². The molecule has 7 nitrogen and oxygen atoms in total. The molecule has 0 N–H and O–H groups in total. The van der Waals surface area contributed by atoms with Crippen LogP contribution in [0.15, 0.2) is 171 Å². The van der Waals surface area contributed by atoms with Crippen LogP contribution in [0.5, 0.6) is 0 Å². The first-order valence-electron chi connectivity index (χ1n) is 17.1. The number of hydrogen-bond donors (Lipinski definition) is 0. The third kappa shape index (κ3) is 4.50. The van der Waals surface area contributed by atoms with Crippen LogP contribution in [0.3, 0.4) is 0 Å². The zero-order chi connectivity index (χ0) is 34.2. The van der Waals surface area contributed by atoms with Gasteiger partial charge in [0.1, 0.15) is 16.6 Å². The summed E-state index contributed by atoms with van der Waals surface area (Å²) in [4.78, 5) is 14.7. The first kappa shape index (κ1) is 28.6. The van der Waals surface area contributed by atoms with E-state index in [0.29, 0.717) is 17.8 Å². The quantitative estimate of drug-likeness (QED) is 0.181. The van der Waals surface area contributed by atoms with Crippen molar-refractivity contribution in [2.75, 3.05) is 0 Å². The third-order valence-electron chi connectivity index (χ3n) is 9.72. The van der Waals surface area contributed by atoms with Gasteiger partial charge in [0, 0.05) is 21.9 Å². The van der Waals surface area contributed by atoms with Crippen molar-refractivity contribution in [2.24, 2.45) is 0 Å². The molecule has 11 aromatic rings. The van der Waals surface area contributed by atoms with Crippen molar-refractivity contribution in [3.8, 4) is 51.2 Å². The Labute approximate surface area is 296 Å². The van der Waals surface area contributed by atoms with E-state index in [1.165, 1.54) is 0 Å². The zero-order valence-corrected chi connectivity index (χ0v) is 27.5. The highest BCUT2D eigenvalue weighted by molar-refractivity contribution is 6.11. The Morgan fingerprint density at radius 3 is 1.46 bits per heavy atom. The molecule has 0 fully saturated rings. The molecule has 0 aliphatic carbocycles. The van der Waals surface area contributed by atoms with Crippen molar-refractivity contribution in [2.45, 2.75) is 0 Å². The Morgan fingerprint density at radius 2 is 0.865 bits per heavy atom. The van der Waals surface area contributed by atoms with E-state index in [4.69, 9.17) is 28.2 Å². The number of nitrogens with zero attached hydrogens (tertiary/aromatic N) is 4. The van der Waals surface area contributed by atoms with Crippen LogP contribution in [0.2, 0.25) is 0 Å². The van der Waals surface area contributed by atoms with Gasteiger partial charge in [-0.1, -0.05) is 84.9 Å². The maximum absolute atomic E-state index is 6.55. The Bertz CT molecular complexity index is 2990. The van der Waals surface area contributed by atoms with Crippen molar-refractivity contribution < 1.29 is 13.3 Å². The molecule has 0 saturated carbocycles. The number of benzene rings is 7. The number of rotatable bonds is 5. The Kier molecular flexibility index (Phi) is 6.12. The lowest BCUT2D eigenvalue weighted by atomic mass is 9.94. The van der Waals surface area contributed by atoms with E-state index in [-0.39, 0.29) is 0 Å². The molecule has 0 aliphatic heterocycles. The van der Waals surface area contributed by atoms with Crippen LogP contribution in [0.4, 0.5) is 0 Å². The van der Waals surface area contributed by atoms with Gasteiger partial charge in [-0.2, -0.15) is 4.98 Å². The Balaban J connectivity index is 1.11. The summed E-state index contributed by atoms with van der Waals surface area (Å²) in [6.07, 6.45) is 0. The van der Waals surface area contributed by atoms with E-state index >= 15 is 0 Å². The molecule has 244 valence electrons. The highest BCUT2D eigenvalue weighted by Gasteiger charge is 2.21. The fraction of sp³-hybridized carbons (Fsp3) is 0. The van der Waals surface area contributed by atoms with Crippen molar-refractivity contribution in [1.29, 1.82) is 0 Å². The van der Waals surface area contributed by atoms with Crippen LogP contribution < -0.4 is 0 Å². The second-order valence-corrected chi connectivity index (χ2v) is 12.9. The van der Waals surface area contributed by atoms with Gasteiger partial charge in [-0.15, -0.1) is 0 Å². The largest absolute Gasteiger partial charge is 0.436 e. The fourth-order valence-corrected chi connectivity index (χ4v) is 7.26. The van der Waals surface area contributed by atoms with Gasteiger partial charge < -0.3 is 13.3 Å². The summed E-state index contributed by atoms with van der Waals surface area (Å²) in [5.74, 6) is 1.10. The normalized spacial score (nSPS) is 11.8. The van der Waals surface area contributed by atoms with Crippen LogP contribution >= 0.6 is 0 Å². The molecule has 0 atom stereocenters. The summed E-state index contributed by atoms with van der Waals surface area (Å²) >= 11 is 0. The number of oxazole rings is 3. The first-order chi connectivity index (χ1) is 25.7. The molecule has 0 amide bonds. The van der Waals surface area contributed by atoms with Crippen LogP contribution in [-0.4, -0.2) is 19.5 Å². The summed E-state index contributed by atoms with van der Waals surface area (Å²) < 4.78 is 21.1. The van der Waals surface area contributed by atoms with E-state index in [1.807, 2.05) is 72.8 Å². The number of fused-ring (bicyclic) bond motifs is 6. The molecule has 11 rings (SSSR count). The summed E-state index contributed by atoms with van der Waals surface area (Å²) in [5, 5.41) is 1.98. The maximum atomic E-state index is 6.55. The molecule has 4 aromatic heterocycles. The molecule has 7 heteroatoms. The Hall–Kier alpha value is -7.25. The highest BCUT2D eigenvalue weighted by atomic mass is 16.4. The van der Waals surface area contributed by atoms with Crippen molar-refractivity contribution in [1.82, 2.24) is 19.5 Å². The van der Waals surface area contributed by atoms with Crippen LogP contribution in [0.1, 0.15) is 0 Å². The van der Waals surface area contributed by atoms with E-state index in [0.717, 1.165) is 88.5 Å². The third-order valence-corrected chi connectivity index (χ3v) is 9.72. The second-order valence-electron chi connectivity index (χ2n) is 12.9. The van der Waals surface area contributed by atoms with Crippen LogP contribution in [-0.2, 0) is 0 Å². The molecule has 0 unspecified atom stereocenters. The number of para-hydroxylation sites is 4. The summed E-state index contributed by atoms with van der Waals surface area (Å²) in [7, 11) is 0. The Morgan fingerprint density at radius 1 is 0.365 bits per heavy atom. The predicted octanol–water partition coefficient (Wildman–Crippen LogP) is 11.9. The minimum absolute atomic E-state index is 0.493. The standard InChI is InChI=1S/C45H26N4O3/c1-3-11-27(12-4-1)31-25-37-42(26-32(31)28-13-5-2-6-14-28)51-44(47-37)30-20-22-39-34(24-30)33-23-29(43-46-35-15-7-9-17-40(35)50-43)19-21-38(33)49(39)45-48-36-16-8-10-18-41(36)52-45/h1-26H. The predicted molar refractivity (Wildman–Crippen MR) is 205 cm³/mol. The van der Waals surface area contributed by atoms with Crippen molar-refractivity contribution in [3.05, 3.63) is 158 Å². The molecule has 52 heavy (non-hydrogen) atoms. The minimum Gasteiger partial charge on any atom is -0.436 e. The smallest absolute Gasteiger partial charge is 0.307 e. The summed E-state index contributed by atoms with van der Waals surface area (Å²) in [5.41, 5.74) is 12.6. The van der Waals surface area contributed by atoms with Gasteiger partial charge in [0.25, 0.3) is 0 Å². The lowest BCUT2D eigenvalue weighted by Gasteiger charge is -2.10. The SMILES string of the molecule is c1ccc(-c2cc3nc(-c4ccc5c(c4)c4cc(-c6nc7ccccc7o6)ccc4n5-c4nc5ccccc5o4)oc3cc2-c2ccccc2)cc1. The summed E-state index contributed by atoms with van der Waals surface area (Å²) in [6.45, 7) is 0. The molecular weight excluding hydrogens is 645 g/mol. The van der Waals surface area contributed by atoms with Crippen LogP contribution in [0.25, 0.3) is 106 Å². The monoisotopic (exact) mass is 670 g/mol. The van der Waals surface area contributed by atoms with Crippen molar-refractivity contribution in [3.63, 3.8) is 0 Å². The van der Waals surface area contributed by atoms with Crippen LogP contribution in [0, 0.1) is 0 Å². The van der Waals surface area contributed by atoms with E-state index < -0.39 is 0 Å². The fourth-order valence-electron chi connectivity index (χ4n) is 7.26. The topological polar surface area (TPSA) is 83.0 Å². The molecular formula is C45H26N4O3. The summed E-state index contributed by atoms with van der Waals surface area (Å²) in [6, 6.07) is 53.6. The lowest BCUT2D eigenvalue weighted by Crippen LogP contribution is -1.93. The molecule has 7 aromatic carbocycles. The highest BCUT2D eigenvalue weighted by Crippen LogP contribution is 2.40. The number of hydrogen-bond acceptors (Lipinski definition) is 6. The van der Waals surface area contributed by atoms with Gasteiger partial charge in [-0.25, -0.2) is 9.97 Å². The van der Waals surface area contributed by atoms with Gasteiger partial charge in [-0.05, 0) is 95.1 Å². The van der Waals surface area contributed by atoms with E-state index in [2.05, 4.69) is 89.5 Å². The molecule has 0 radical (unpaired) electrons. The molecule has 0 aliphatic rings. The minimum atomic E-state index is 0.493. The molecule has 0 spiro atoms. The van der Waals surface area contributed by atoms with Gasteiger partial charge in [0.2, 0.25) is 11.8 Å². The van der Waals surface area contributed by atoms with E-state index in [9.17, 15) is 0 Å². The average molecular weight is 671 g/mol. The van der Waals surface area contributed by atoms with Gasteiger partial charge >= 0.3 is 6.01 Å². The zero-order valence-electron chi connectivity index (χ0n) is 27.5. The lowest BCUT2D eigenvalue weighted by molar-refractivity contribution is 0.574. The van der Waals surface area contributed by atoms with E-state index in [1.54, 1.807) is 0 Å². The average Bonchev–Trinajstić information content (AvgIpc) is 4.00. The molecule has 4 heterocycles.